The molecule has 2 heteroatoms. The number of rotatable bonds is 9. The maximum absolute atomic E-state index is 5.64. The minimum Gasteiger partial charge on any atom is -0.496 e. The smallest absolute Gasteiger partial charge is 0.109 e. The van der Waals surface area contributed by atoms with E-state index in [9.17, 15) is 0 Å². The van der Waals surface area contributed by atoms with Gasteiger partial charge in [0.25, 0.3) is 0 Å². The minimum absolute atomic E-state index is 0.467. The third-order valence-corrected chi connectivity index (χ3v) is 3.12. The van der Waals surface area contributed by atoms with Crippen LogP contribution in [0.1, 0.15) is 58.8 Å². The summed E-state index contributed by atoms with van der Waals surface area (Å²) in [5.74, 6) is 1.19. The first-order valence-electron chi connectivity index (χ1n) is 6.94. The molecule has 1 heterocycles. The van der Waals surface area contributed by atoms with Crippen LogP contribution in [0, 0.1) is 0 Å². The van der Waals surface area contributed by atoms with E-state index in [1.165, 1.54) is 44.3 Å². The van der Waals surface area contributed by atoms with Crippen LogP contribution >= 0.6 is 0 Å². The molecule has 1 rings (SSSR count). The van der Waals surface area contributed by atoms with Crippen molar-refractivity contribution in [3.63, 3.8) is 0 Å². The lowest BCUT2D eigenvalue weighted by Crippen LogP contribution is -2.31. The molecule has 1 atom stereocenters. The van der Waals surface area contributed by atoms with E-state index in [1.54, 1.807) is 0 Å². The van der Waals surface area contributed by atoms with E-state index in [0.29, 0.717) is 6.04 Å². The Morgan fingerprint density at radius 1 is 1.25 bits per heavy atom. The first kappa shape index (κ1) is 13.6. The summed E-state index contributed by atoms with van der Waals surface area (Å²) in [4.78, 5) is 0. The van der Waals surface area contributed by atoms with Crippen LogP contribution in [0.15, 0.2) is 11.8 Å². The maximum atomic E-state index is 5.64. The fraction of sp³-hybridized carbons (Fsp3) is 0.857. The molecule has 0 saturated carbocycles. The molecule has 0 fully saturated rings. The lowest BCUT2D eigenvalue weighted by atomic mass is 10.0. The highest BCUT2D eigenvalue weighted by molar-refractivity contribution is 5.06. The molecule has 0 aromatic carbocycles. The Bertz CT molecular complexity index is 201. The highest BCUT2D eigenvalue weighted by Gasteiger charge is 2.16. The normalized spacial score (nSPS) is 17.0. The molecule has 1 N–H and O–H groups in total. The largest absolute Gasteiger partial charge is 0.496 e. The van der Waals surface area contributed by atoms with Crippen molar-refractivity contribution in [1.29, 1.82) is 0 Å². The van der Waals surface area contributed by atoms with Gasteiger partial charge in [0.05, 0.1) is 12.6 Å². The predicted octanol–water partition coefficient (Wildman–Crippen LogP) is 3.63. The van der Waals surface area contributed by atoms with Gasteiger partial charge in [-0.05, 0) is 19.0 Å². The number of hydrogen-bond donors (Lipinski definition) is 1. The summed E-state index contributed by atoms with van der Waals surface area (Å²) in [5.41, 5.74) is 0. The molecule has 0 saturated heterocycles. The van der Waals surface area contributed by atoms with Crippen molar-refractivity contribution >= 4 is 0 Å². The van der Waals surface area contributed by atoms with Crippen LogP contribution < -0.4 is 5.32 Å². The van der Waals surface area contributed by atoms with E-state index in [1.807, 2.05) is 0 Å². The van der Waals surface area contributed by atoms with Crippen LogP contribution in [0.4, 0.5) is 0 Å². The van der Waals surface area contributed by atoms with Crippen molar-refractivity contribution in [2.75, 3.05) is 13.2 Å². The molecule has 0 amide bonds. The second-order valence-electron chi connectivity index (χ2n) is 4.56. The molecule has 16 heavy (non-hydrogen) atoms. The summed E-state index contributed by atoms with van der Waals surface area (Å²) in [7, 11) is 0. The van der Waals surface area contributed by atoms with E-state index in [4.69, 9.17) is 4.74 Å². The number of likely N-dealkylation sites (N-methyl/N-ethyl adjacent to an activating group) is 1. The van der Waals surface area contributed by atoms with Gasteiger partial charge in [-0.15, -0.1) is 0 Å². The van der Waals surface area contributed by atoms with Gasteiger partial charge in [-0.1, -0.05) is 46.0 Å². The average molecular weight is 225 g/mol. The molecule has 0 aliphatic carbocycles. The Kier molecular flexibility index (Phi) is 7.32. The van der Waals surface area contributed by atoms with Crippen molar-refractivity contribution in [3.05, 3.63) is 11.8 Å². The molecule has 1 aliphatic rings. The Morgan fingerprint density at radius 3 is 2.69 bits per heavy atom. The molecule has 0 aromatic rings. The summed E-state index contributed by atoms with van der Waals surface area (Å²) in [5, 5.41) is 3.52. The van der Waals surface area contributed by atoms with Crippen LogP contribution in [0.3, 0.4) is 0 Å². The molecule has 1 aliphatic heterocycles. The SMILES string of the molecule is CCCCCCCC(NCC)C1=CCCO1. The number of nitrogens with one attached hydrogen (secondary N) is 1. The summed E-state index contributed by atoms with van der Waals surface area (Å²) >= 11 is 0. The first-order chi connectivity index (χ1) is 7.88. The number of unbranched alkanes of at least 4 members (excludes halogenated alkanes) is 4. The van der Waals surface area contributed by atoms with Crippen LogP contribution in [0.2, 0.25) is 0 Å². The zero-order valence-electron chi connectivity index (χ0n) is 10.9. The number of hydrogen-bond acceptors (Lipinski definition) is 2. The van der Waals surface area contributed by atoms with Gasteiger partial charge in [0.2, 0.25) is 0 Å². The third kappa shape index (κ3) is 5.02. The molecular formula is C14H27NO. The average Bonchev–Trinajstić information content (AvgIpc) is 2.81. The van der Waals surface area contributed by atoms with Gasteiger partial charge in [-0.2, -0.15) is 0 Å². The maximum Gasteiger partial charge on any atom is 0.109 e. The standard InChI is InChI=1S/C14H27NO/c1-3-5-6-7-8-10-13(15-4-2)14-11-9-12-16-14/h11,13,15H,3-10,12H2,1-2H3. The molecule has 1 unspecified atom stereocenters. The highest BCUT2D eigenvalue weighted by Crippen LogP contribution is 2.18. The Balaban J connectivity index is 2.17. The highest BCUT2D eigenvalue weighted by atomic mass is 16.5. The fourth-order valence-electron chi connectivity index (χ4n) is 2.22. The van der Waals surface area contributed by atoms with E-state index in [-0.39, 0.29) is 0 Å². The van der Waals surface area contributed by atoms with Gasteiger partial charge >= 0.3 is 0 Å². The van der Waals surface area contributed by atoms with E-state index in [2.05, 4.69) is 25.2 Å². The summed E-state index contributed by atoms with van der Waals surface area (Å²) in [6, 6.07) is 0.467. The zero-order valence-corrected chi connectivity index (χ0v) is 10.9. The first-order valence-corrected chi connectivity index (χ1v) is 6.94. The lowest BCUT2D eigenvalue weighted by Gasteiger charge is -2.18. The van der Waals surface area contributed by atoms with Crippen molar-refractivity contribution in [2.45, 2.75) is 64.8 Å². The van der Waals surface area contributed by atoms with Gasteiger partial charge in [-0.3, -0.25) is 0 Å². The monoisotopic (exact) mass is 225 g/mol. The quantitative estimate of drug-likeness (QED) is 0.605. The molecular weight excluding hydrogens is 198 g/mol. The van der Waals surface area contributed by atoms with Crippen molar-refractivity contribution in [2.24, 2.45) is 0 Å². The number of ether oxygens (including phenoxy) is 1. The minimum atomic E-state index is 0.467. The molecule has 0 spiro atoms. The van der Waals surface area contributed by atoms with E-state index in [0.717, 1.165) is 19.6 Å². The van der Waals surface area contributed by atoms with Gasteiger partial charge < -0.3 is 10.1 Å². The summed E-state index contributed by atoms with van der Waals surface area (Å²) in [6.07, 6.45) is 11.3. The second-order valence-corrected chi connectivity index (χ2v) is 4.56. The van der Waals surface area contributed by atoms with Crippen LogP contribution in [-0.2, 0) is 4.74 Å². The van der Waals surface area contributed by atoms with Crippen LogP contribution in [0.5, 0.6) is 0 Å². The Labute approximate surface area is 100 Å². The third-order valence-electron chi connectivity index (χ3n) is 3.12. The van der Waals surface area contributed by atoms with Crippen molar-refractivity contribution in [1.82, 2.24) is 5.32 Å². The van der Waals surface area contributed by atoms with Crippen molar-refractivity contribution in [3.8, 4) is 0 Å². The predicted molar refractivity (Wildman–Crippen MR) is 69.5 cm³/mol. The van der Waals surface area contributed by atoms with E-state index >= 15 is 0 Å². The summed E-state index contributed by atoms with van der Waals surface area (Å²) in [6.45, 7) is 6.34. The molecule has 0 radical (unpaired) electrons. The van der Waals surface area contributed by atoms with Crippen LogP contribution in [0.25, 0.3) is 0 Å². The molecule has 2 nitrogen and oxygen atoms in total. The van der Waals surface area contributed by atoms with Gasteiger partial charge in [-0.25, -0.2) is 0 Å². The lowest BCUT2D eigenvalue weighted by molar-refractivity contribution is 0.211. The molecule has 0 aromatic heterocycles. The fourth-order valence-corrected chi connectivity index (χ4v) is 2.22. The second kappa shape index (κ2) is 8.63. The Morgan fingerprint density at radius 2 is 2.06 bits per heavy atom. The zero-order chi connectivity index (χ0) is 11.6. The summed E-state index contributed by atoms with van der Waals surface area (Å²) < 4.78 is 5.64. The topological polar surface area (TPSA) is 21.3 Å². The molecule has 94 valence electrons. The van der Waals surface area contributed by atoms with Gasteiger partial charge in [0.1, 0.15) is 5.76 Å². The Hall–Kier alpha value is -0.500. The van der Waals surface area contributed by atoms with Gasteiger partial charge in [0, 0.05) is 6.42 Å². The van der Waals surface area contributed by atoms with Crippen LogP contribution in [-0.4, -0.2) is 19.2 Å². The molecule has 0 bridgehead atoms. The van der Waals surface area contributed by atoms with Gasteiger partial charge in [0.15, 0.2) is 0 Å². The van der Waals surface area contributed by atoms with Crippen molar-refractivity contribution < 1.29 is 4.74 Å². The van der Waals surface area contributed by atoms with E-state index < -0.39 is 0 Å².